The summed E-state index contributed by atoms with van der Waals surface area (Å²) >= 11 is 3.30. The minimum Gasteiger partial charge on any atom is -0.489 e. The number of ether oxygens (including phenoxy) is 2. The molecule has 2 aromatic carbocycles. The molecule has 0 aromatic heterocycles. The Labute approximate surface area is 128 Å². The first kappa shape index (κ1) is 13.9. The predicted molar refractivity (Wildman–Crippen MR) is 78.7 cm³/mol. The molecule has 0 saturated heterocycles. The molecular formula is C15H11BrFNO3. The van der Waals surface area contributed by atoms with Gasteiger partial charge in [0.15, 0.2) is 0 Å². The number of oxime groups is 1. The van der Waals surface area contributed by atoms with E-state index >= 15 is 0 Å². The topological polar surface area (TPSA) is 51.1 Å². The summed E-state index contributed by atoms with van der Waals surface area (Å²) in [4.78, 5) is 0. The molecule has 0 saturated carbocycles. The first-order chi connectivity index (χ1) is 10.2. The van der Waals surface area contributed by atoms with Crippen molar-refractivity contribution in [3.63, 3.8) is 0 Å². The Balaban J connectivity index is 1.75. The molecule has 0 atom stereocenters. The molecule has 1 N–H and O–H groups in total. The van der Waals surface area contributed by atoms with Gasteiger partial charge in [0, 0.05) is 21.7 Å². The summed E-state index contributed by atoms with van der Waals surface area (Å²) in [6.45, 7) is 0.555. The summed E-state index contributed by atoms with van der Waals surface area (Å²) < 4.78 is 24.8. The highest BCUT2D eigenvalue weighted by Crippen LogP contribution is 2.30. The van der Waals surface area contributed by atoms with Crippen LogP contribution in [0.5, 0.6) is 11.5 Å². The predicted octanol–water partition coefficient (Wildman–Crippen LogP) is 3.74. The molecule has 0 aliphatic carbocycles. The van der Waals surface area contributed by atoms with Crippen molar-refractivity contribution in [3.8, 4) is 11.5 Å². The van der Waals surface area contributed by atoms with Gasteiger partial charge in [0.1, 0.15) is 36.2 Å². The molecule has 0 fully saturated rings. The molecular weight excluding hydrogens is 341 g/mol. The fraction of sp³-hybridized carbons (Fsp3) is 0.133. The van der Waals surface area contributed by atoms with Crippen LogP contribution in [0.2, 0.25) is 0 Å². The van der Waals surface area contributed by atoms with Gasteiger partial charge >= 0.3 is 0 Å². The van der Waals surface area contributed by atoms with Gasteiger partial charge in [-0.1, -0.05) is 27.2 Å². The maximum atomic E-state index is 13.0. The number of benzene rings is 2. The molecule has 1 heterocycles. The first-order valence-electron chi connectivity index (χ1n) is 6.22. The highest BCUT2D eigenvalue weighted by Gasteiger charge is 2.20. The molecule has 0 amide bonds. The second kappa shape index (κ2) is 5.73. The largest absolute Gasteiger partial charge is 0.489 e. The lowest BCUT2D eigenvalue weighted by molar-refractivity contribution is 0.302. The van der Waals surface area contributed by atoms with Gasteiger partial charge in [0.05, 0.1) is 0 Å². The lowest BCUT2D eigenvalue weighted by Crippen LogP contribution is -2.01. The average molecular weight is 352 g/mol. The Bertz CT molecular complexity index is 718. The van der Waals surface area contributed by atoms with Gasteiger partial charge in [0.2, 0.25) is 0 Å². The van der Waals surface area contributed by atoms with Crippen molar-refractivity contribution in [2.24, 2.45) is 5.16 Å². The summed E-state index contributed by atoms with van der Waals surface area (Å²) in [7, 11) is 0. The van der Waals surface area contributed by atoms with Crippen LogP contribution in [0.25, 0.3) is 0 Å². The standard InChI is InChI=1S/C15H11BrFNO3/c16-13-5-10(17)2-1-9(13)7-20-11-3-4-12-14(18-19)8-21-15(12)6-11/h1-6,19H,7-8H2. The van der Waals surface area contributed by atoms with Crippen molar-refractivity contribution in [1.29, 1.82) is 0 Å². The van der Waals surface area contributed by atoms with Crippen molar-refractivity contribution >= 4 is 21.6 Å². The smallest absolute Gasteiger partial charge is 0.134 e. The number of halogens is 2. The fourth-order valence-electron chi connectivity index (χ4n) is 2.06. The van der Waals surface area contributed by atoms with Crippen LogP contribution in [0.1, 0.15) is 11.1 Å². The lowest BCUT2D eigenvalue weighted by Gasteiger charge is -2.09. The normalized spacial score (nSPS) is 14.9. The maximum Gasteiger partial charge on any atom is 0.134 e. The highest BCUT2D eigenvalue weighted by molar-refractivity contribution is 9.10. The van der Waals surface area contributed by atoms with Gasteiger partial charge in [-0.25, -0.2) is 4.39 Å². The summed E-state index contributed by atoms with van der Waals surface area (Å²) in [5.41, 5.74) is 2.10. The number of nitrogens with zero attached hydrogens (tertiary/aromatic N) is 1. The zero-order valence-corrected chi connectivity index (χ0v) is 12.4. The maximum absolute atomic E-state index is 13.0. The van der Waals surface area contributed by atoms with Crippen molar-refractivity contribution in [2.75, 3.05) is 6.61 Å². The molecule has 3 rings (SSSR count). The minimum absolute atomic E-state index is 0.249. The van der Waals surface area contributed by atoms with E-state index in [1.807, 2.05) is 0 Å². The molecule has 0 radical (unpaired) electrons. The third kappa shape index (κ3) is 2.85. The molecule has 0 unspecified atom stereocenters. The zero-order chi connectivity index (χ0) is 14.8. The SMILES string of the molecule is ON=C1COc2cc(OCc3ccc(F)cc3Br)ccc21. The Morgan fingerprint density at radius 1 is 1.29 bits per heavy atom. The first-order valence-corrected chi connectivity index (χ1v) is 7.01. The molecule has 1 aliphatic rings. The van der Waals surface area contributed by atoms with Crippen LogP contribution >= 0.6 is 15.9 Å². The van der Waals surface area contributed by atoms with E-state index in [-0.39, 0.29) is 12.4 Å². The van der Waals surface area contributed by atoms with Crippen LogP contribution in [-0.4, -0.2) is 17.5 Å². The van der Waals surface area contributed by atoms with Gasteiger partial charge in [-0.05, 0) is 24.3 Å². The average Bonchev–Trinajstić information content (AvgIpc) is 2.88. The van der Waals surface area contributed by atoms with Crippen LogP contribution in [0.3, 0.4) is 0 Å². The van der Waals surface area contributed by atoms with E-state index in [0.717, 1.165) is 11.1 Å². The summed E-state index contributed by atoms with van der Waals surface area (Å²) in [5.74, 6) is 0.954. The van der Waals surface area contributed by atoms with E-state index < -0.39 is 0 Å². The van der Waals surface area contributed by atoms with Gasteiger partial charge in [-0.3, -0.25) is 0 Å². The van der Waals surface area contributed by atoms with E-state index in [9.17, 15) is 4.39 Å². The Hall–Kier alpha value is -2.08. The van der Waals surface area contributed by atoms with E-state index in [4.69, 9.17) is 14.7 Å². The fourth-order valence-corrected chi connectivity index (χ4v) is 2.52. The minimum atomic E-state index is -0.299. The van der Waals surface area contributed by atoms with Crippen LogP contribution in [0.15, 0.2) is 46.0 Å². The van der Waals surface area contributed by atoms with Crippen molar-refractivity contribution in [2.45, 2.75) is 6.61 Å². The van der Waals surface area contributed by atoms with Crippen LogP contribution in [-0.2, 0) is 6.61 Å². The lowest BCUT2D eigenvalue weighted by atomic mass is 10.1. The molecule has 6 heteroatoms. The molecule has 108 valence electrons. The van der Waals surface area contributed by atoms with Gasteiger partial charge in [-0.2, -0.15) is 0 Å². The summed E-state index contributed by atoms with van der Waals surface area (Å²) in [6.07, 6.45) is 0. The van der Waals surface area contributed by atoms with Gasteiger partial charge in [-0.15, -0.1) is 0 Å². The monoisotopic (exact) mass is 351 g/mol. The Morgan fingerprint density at radius 3 is 2.90 bits per heavy atom. The zero-order valence-electron chi connectivity index (χ0n) is 10.8. The van der Waals surface area contributed by atoms with Crippen LogP contribution in [0, 0.1) is 5.82 Å². The van der Waals surface area contributed by atoms with Gasteiger partial charge in [0.25, 0.3) is 0 Å². The van der Waals surface area contributed by atoms with Crippen molar-refractivity contribution < 1.29 is 19.1 Å². The van der Waals surface area contributed by atoms with E-state index in [1.165, 1.54) is 12.1 Å². The highest BCUT2D eigenvalue weighted by atomic mass is 79.9. The number of hydrogen-bond donors (Lipinski definition) is 1. The molecule has 4 nitrogen and oxygen atoms in total. The van der Waals surface area contributed by atoms with Crippen LogP contribution < -0.4 is 9.47 Å². The second-order valence-corrected chi connectivity index (χ2v) is 5.37. The molecule has 2 aromatic rings. The van der Waals surface area contributed by atoms with E-state index in [2.05, 4.69) is 21.1 Å². The molecule has 0 spiro atoms. The van der Waals surface area contributed by atoms with E-state index in [1.54, 1.807) is 24.3 Å². The molecule has 1 aliphatic heterocycles. The summed E-state index contributed by atoms with van der Waals surface area (Å²) in [5, 5.41) is 12.0. The number of fused-ring (bicyclic) bond motifs is 1. The van der Waals surface area contributed by atoms with Gasteiger partial charge < -0.3 is 14.7 Å². The van der Waals surface area contributed by atoms with E-state index in [0.29, 0.717) is 28.3 Å². The van der Waals surface area contributed by atoms with Crippen molar-refractivity contribution in [3.05, 3.63) is 57.8 Å². The quantitative estimate of drug-likeness (QED) is 0.676. The Kier molecular flexibility index (Phi) is 3.79. The number of rotatable bonds is 3. The van der Waals surface area contributed by atoms with Crippen molar-refractivity contribution in [1.82, 2.24) is 0 Å². The molecule has 0 bridgehead atoms. The third-order valence-corrected chi connectivity index (χ3v) is 3.90. The number of hydrogen-bond acceptors (Lipinski definition) is 4. The second-order valence-electron chi connectivity index (χ2n) is 4.52. The third-order valence-electron chi connectivity index (χ3n) is 3.16. The Morgan fingerprint density at radius 2 is 2.14 bits per heavy atom. The molecule has 21 heavy (non-hydrogen) atoms. The summed E-state index contributed by atoms with van der Waals surface area (Å²) in [6, 6.07) is 9.75. The van der Waals surface area contributed by atoms with Crippen LogP contribution in [0.4, 0.5) is 4.39 Å².